The molecule has 5 nitrogen and oxygen atoms in total. The Morgan fingerprint density at radius 1 is 1.16 bits per heavy atom. The average molecular weight is 363 g/mol. The van der Waals surface area contributed by atoms with Crippen molar-refractivity contribution in [2.24, 2.45) is 11.7 Å². The van der Waals surface area contributed by atoms with E-state index in [4.69, 9.17) is 26.8 Å². The van der Waals surface area contributed by atoms with Crippen LogP contribution in [0.5, 0.6) is 11.5 Å². The lowest BCUT2D eigenvalue weighted by Gasteiger charge is -2.24. The Morgan fingerprint density at radius 2 is 1.88 bits per heavy atom. The number of hydrogen-bond acceptors (Lipinski definition) is 4. The molecule has 25 heavy (non-hydrogen) atoms. The molecule has 0 saturated carbocycles. The summed E-state index contributed by atoms with van der Waals surface area (Å²) in [6, 6.07) is 12.4. The van der Waals surface area contributed by atoms with E-state index in [1.165, 1.54) is 0 Å². The van der Waals surface area contributed by atoms with Crippen LogP contribution in [-0.4, -0.2) is 26.7 Å². The van der Waals surface area contributed by atoms with Crippen molar-refractivity contribution in [1.29, 1.82) is 0 Å². The minimum Gasteiger partial charge on any atom is -0.497 e. The lowest BCUT2D eigenvalue weighted by atomic mass is 9.96. The molecule has 0 aliphatic carbocycles. The number of amides is 1. The van der Waals surface area contributed by atoms with Gasteiger partial charge in [-0.3, -0.25) is 4.79 Å². The van der Waals surface area contributed by atoms with Crippen LogP contribution in [0.4, 0.5) is 0 Å². The number of nitrogens with two attached hydrogens (primary N) is 1. The van der Waals surface area contributed by atoms with Crippen LogP contribution < -0.4 is 20.5 Å². The van der Waals surface area contributed by atoms with Gasteiger partial charge in [-0.1, -0.05) is 36.7 Å². The predicted octanol–water partition coefficient (Wildman–Crippen LogP) is 3.16. The van der Waals surface area contributed by atoms with E-state index >= 15 is 0 Å². The Labute approximate surface area is 153 Å². The Morgan fingerprint density at radius 3 is 2.48 bits per heavy atom. The SMILES string of the molecule is COc1ccc(C(NC(=O)C(C)CN)c2ccccc2Cl)c(OC)c1. The standard InChI is InChI=1S/C19H23ClN2O3/c1-12(11-21)19(23)22-18(14-6-4-5-7-16(14)20)15-9-8-13(24-2)10-17(15)25-3/h4-10,12,18H,11,21H2,1-3H3,(H,22,23). The van der Waals surface area contributed by atoms with E-state index in [1.807, 2.05) is 30.3 Å². The zero-order valence-electron chi connectivity index (χ0n) is 14.6. The van der Waals surface area contributed by atoms with Crippen molar-refractivity contribution in [3.05, 3.63) is 58.6 Å². The maximum atomic E-state index is 12.5. The van der Waals surface area contributed by atoms with Crippen LogP contribution in [0.25, 0.3) is 0 Å². The van der Waals surface area contributed by atoms with Crippen LogP contribution >= 0.6 is 11.6 Å². The predicted molar refractivity (Wildman–Crippen MR) is 99.2 cm³/mol. The summed E-state index contributed by atoms with van der Waals surface area (Å²) in [5.74, 6) is 0.810. The number of carbonyl (C=O) groups is 1. The summed E-state index contributed by atoms with van der Waals surface area (Å²) in [4.78, 5) is 12.5. The van der Waals surface area contributed by atoms with Crippen LogP contribution in [0.15, 0.2) is 42.5 Å². The summed E-state index contributed by atoms with van der Waals surface area (Å²) in [5, 5.41) is 3.59. The van der Waals surface area contributed by atoms with Gasteiger partial charge in [-0.05, 0) is 23.8 Å². The van der Waals surface area contributed by atoms with E-state index in [9.17, 15) is 4.79 Å². The second-order valence-corrected chi connectivity index (χ2v) is 6.11. The van der Waals surface area contributed by atoms with E-state index in [2.05, 4.69) is 5.32 Å². The summed E-state index contributed by atoms with van der Waals surface area (Å²) in [6.45, 7) is 2.05. The molecule has 3 N–H and O–H groups in total. The normalized spacial score (nSPS) is 13.0. The van der Waals surface area contributed by atoms with E-state index in [0.717, 1.165) is 11.1 Å². The largest absolute Gasteiger partial charge is 0.497 e. The van der Waals surface area contributed by atoms with Crippen LogP contribution in [0, 0.1) is 5.92 Å². The molecular weight excluding hydrogens is 340 g/mol. The molecule has 0 fully saturated rings. The van der Waals surface area contributed by atoms with Gasteiger partial charge in [0.15, 0.2) is 0 Å². The van der Waals surface area contributed by atoms with Crippen molar-refractivity contribution in [3.63, 3.8) is 0 Å². The number of halogens is 1. The first-order valence-corrected chi connectivity index (χ1v) is 8.36. The summed E-state index contributed by atoms with van der Waals surface area (Å²) in [5.41, 5.74) is 7.19. The Balaban J connectivity index is 2.52. The van der Waals surface area contributed by atoms with Crippen molar-refractivity contribution in [3.8, 4) is 11.5 Å². The fourth-order valence-electron chi connectivity index (χ4n) is 2.48. The fourth-order valence-corrected chi connectivity index (χ4v) is 2.73. The van der Waals surface area contributed by atoms with E-state index < -0.39 is 6.04 Å². The molecular formula is C19H23ClN2O3. The lowest BCUT2D eigenvalue weighted by Crippen LogP contribution is -2.36. The quantitative estimate of drug-likeness (QED) is 0.793. The minimum absolute atomic E-state index is 0.148. The third-order valence-corrected chi connectivity index (χ3v) is 4.40. The molecule has 0 saturated heterocycles. The number of hydrogen-bond donors (Lipinski definition) is 2. The monoisotopic (exact) mass is 362 g/mol. The molecule has 2 rings (SSSR count). The Kier molecular flexibility index (Phi) is 6.67. The first kappa shape index (κ1) is 19.1. The maximum Gasteiger partial charge on any atom is 0.224 e. The van der Waals surface area contributed by atoms with E-state index in [-0.39, 0.29) is 18.4 Å². The van der Waals surface area contributed by atoms with E-state index in [1.54, 1.807) is 33.3 Å². The van der Waals surface area contributed by atoms with Crippen LogP contribution in [-0.2, 0) is 4.79 Å². The second-order valence-electron chi connectivity index (χ2n) is 5.71. The Hall–Kier alpha value is -2.24. The van der Waals surface area contributed by atoms with Gasteiger partial charge in [0.25, 0.3) is 0 Å². The molecule has 2 atom stereocenters. The number of methoxy groups -OCH3 is 2. The smallest absolute Gasteiger partial charge is 0.224 e. The van der Waals surface area contributed by atoms with Gasteiger partial charge in [0, 0.05) is 29.1 Å². The first-order chi connectivity index (χ1) is 12.0. The van der Waals surface area contributed by atoms with Crippen molar-refractivity contribution in [1.82, 2.24) is 5.32 Å². The molecule has 0 radical (unpaired) electrons. The van der Waals surface area contributed by atoms with Gasteiger partial charge in [-0.25, -0.2) is 0 Å². The molecule has 6 heteroatoms. The highest BCUT2D eigenvalue weighted by Crippen LogP contribution is 2.35. The van der Waals surface area contributed by atoms with Gasteiger partial charge in [0.2, 0.25) is 5.91 Å². The number of nitrogens with one attached hydrogen (secondary N) is 1. The van der Waals surface area contributed by atoms with E-state index in [0.29, 0.717) is 16.5 Å². The van der Waals surface area contributed by atoms with Crippen LogP contribution in [0.3, 0.4) is 0 Å². The molecule has 2 unspecified atom stereocenters. The molecule has 134 valence electrons. The average Bonchev–Trinajstić information content (AvgIpc) is 2.65. The summed E-state index contributed by atoms with van der Waals surface area (Å²) >= 11 is 6.38. The lowest BCUT2D eigenvalue weighted by molar-refractivity contribution is -0.124. The van der Waals surface area contributed by atoms with Gasteiger partial charge in [0.05, 0.1) is 20.3 Å². The highest BCUT2D eigenvalue weighted by Gasteiger charge is 2.24. The van der Waals surface area contributed by atoms with Gasteiger partial charge in [-0.15, -0.1) is 0 Å². The second kappa shape index (κ2) is 8.74. The van der Waals surface area contributed by atoms with Crippen molar-refractivity contribution < 1.29 is 14.3 Å². The van der Waals surface area contributed by atoms with Crippen molar-refractivity contribution in [2.45, 2.75) is 13.0 Å². The summed E-state index contributed by atoms with van der Waals surface area (Å²) in [6.07, 6.45) is 0. The molecule has 2 aromatic carbocycles. The molecule has 0 aliphatic heterocycles. The summed E-state index contributed by atoms with van der Waals surface area (Å²) in [7, 11) is 3.16. The Bertz CT molecular complexity index is 736. The minimum atomic E-state index is -0.462. The zero-order chi connectivity index (χ0) is 18.4. The van der Waals surface area contributed by atoms with Crippen molar-refractivity contribution in [2.75, 3.05) is 20.8 Å². The molecule has 0 bridgehead atoms. The number of ether oxygens (including phenoxy) is 2. The third kappa shape index (κ3) is 4.44. The van der Waals surface area contributed by atoms with Crippen molar-refractivity contribution >= 4 is 17.5 Å². The van der Waals surface area contributed by atoms with Gasteiger partial charge >= 0.3 is 0 Å². The molecule has 2 aromatic rings. The van der Waals surface area contributed by atoms with Crippen LogP contribution in [0.1, 0.15) is 24.1 Å². The molecule has 0 heterocycles. The first-order valence-electron chi connectivity index (χ1n) is 7.98. The fraction of sp³-hybridized carbons (Fsp3) is 0.316. The topological polar surface area (TPSA) is 73.6 Å². The molecule has 0 aliphatic rings. The third-order valence-electron chi connectivity index (χ3n) is 4.06. The zero-order valence-corrected chi connectivity index (χ0v) is 15.3. The highest BCUT2D eigenvalue weighted by molar-refractivity contribution is 6.31. The van der Waals surface area contributed by atoms with Gasteiger partial charge in [0.1, 0.15) is 11.5 Å². The van der Waals surface area contributed by atoms with Gasteiger partial charge in [-0.2, -0.15) is 0 Å². The molecule has 0 spiro atoms. The van der Waals surface area contributed by atoms with Crippen LogP contribution in [0.2, 0.25) is 5.02 Å². The number of rotatable bonds is 7. The molecule has 1 amide bonds. The summed E-state index contributed by atoms with van der Waals surface area (Å²) < 4.78 is 10.7. The maximum absolute atomic E-state index is 12.5. The highest BCUT2D eigenvalue weighted by atomic mass is 35.5. The molecule has 0 aromatic heterocycles. The van der Waals surface area contributed by atoms with Gasteiger partial charge < -0.3 is 20.5 Å². The number of benzene rings is 2. The number of carbonyl (C=O) groups excluding carboxylic acids is 1.